The summed E-state index contributed by atoms with van der Waals surface area (Å²) in [5.41, 5.74) is 5.73. The van der Waals surface area contributed by atoms with E-state index in [2.05, 4.69) is 6.92 Å². The lowest BCUT2D eigenvalue weighted by Gasteiger charge is -2.27. The van der Waals surface area contributed by atoms with E-state index in [-0.39, 0.29) is 0 Å². The van der Waals surface area contributed by atoms with Gasteiger partial charge in [-0.25, -0.2) is 0 Å². The quantitative estimate of drug-likeness (QED) is 0.681. The highest BCUT2D eigenvalue weighted by molar-refractivity contribution is 4.71. The summed E-state index contributed by atoms with van der Waals surface area (Å²) in [6, 6.07) is 0.402. The van der Waals surface area contributed by atoms with Gasteiger partial charge in [0.1, 0.15) is 0 Å². The zero-order valence-electron chi connectivity index (χ0n) is 7.97. The average Bonchev–Trinajstić information content (AvgIpc) is 2.00. The van der Waals surface area contributed by atoms with Gasteiger partial charge in [-0.15, -0.1) is 0 Å². The van der Waals surface area contributed by atoms with Gasteiger partial charge in [-0.1, -0.05) is 20.8 Å². The number of hydrogen-bond acceptors (Lipinski definition) is 2. The molecule has 2 N–H and O–H groups in total. The zero-order valence-corrected chi connectivity index (χ0v) is 7.97. The van der Waals surface area contributed by atoms with Crippen LogP contribution in [-0.2, 0) is 4.74 Å². The van der Waals surface area contributed by atoms with E-state index in [1.807, 2.05) is 13.8 Å². The Morgan fingerprint density at radius 2 is 2.00 bits per heavy atom. The van der Waals surface area contributed by atoms with Crippen LogP contribution in [0.15, 0.2) is 0 Å². The highest BCUT2D eigenvalue weighted by Gasteiger charge is 2.19. The Bertz CT molecular complexity index is 78.9. The van der Waals surface area contributed by atoms with Crippen molar-refractivity contribution in [1.82, 2.24) is 0 Å². The number of nitrogens with two attached hydrogens (primary N) is 1. The predicted octanol–water partition coefficient (Wildman–Crippen LogP) is 1.79. The first-order valence-corrected chi connectivity index (χ1v) is 4.66. The molecule has 1 saturated heterocycles. The Balaban J connectivity index is 0.000000461. The van der Waals surface area contributed by atoms with Crippen molar-refractivity contribution in [2.45, 2.75) is 39.7 Å². The van der Waals surface area contributed by atoms with Gasteiger partial charge in [0.15, 0.2) is 0 Å². The third kappa shape index (κ3) is 4.38. The molecule has 0 amide bonds. The standard InChI is InChI=1S/C7H15NO.C2H6/c1-2-7(8)3-6-4-9-5-6;1-2/h6-7H,2-5,8H2,1H3;1-2H3. The largest absolute Gasteiger partial charge is 0.381 e. The van der Waals surface area contributed by atoms with Crippen LogP contribution in [0.1, 0.15) is 33.6 Å². The van der Waals surface area contributed by atoms with Gasteiger partial charge in [0.2, 0.25) is 0 Å². The van der Waals surface area contributed by atoms with Gasteiger partial charge in [0.05, 0.1) is 13.2 Å². The van der Waals surface area contributed by atoms with Crippen molar-refractivity contribution >= 4 is 0 Å². The Hall–Kier alpha value is -0.0800. The van der Waals surface area contributed by atoms with E-state index >= 15 is 0 Å². The lowest BCUT2D eigenvalue weighted by molar-refractivity contribution is -0.0382. The summed E-state index contributed by atoms with van der Waals surface area (Å²) in [6.45, 7) is 8.01. The lowest BCUT2D eigenvalue weighted by atomic mass is 9.98. The number of hydrogen-bond donors (Lipinski definition) is 1. The normalized spacial score (nSPS) is 19.6. The molecule has 1 heterocycles. The van der Waals surface area contributed by atoms with Crippen LogP contribution in [-0.4, -0.2) is 19.3 Å². The summed E-state index contributed by atoms with van der Waals surface area (Å²) in [4.78, 5) is 0. The van der Waals surface area contributed by atoms with Crippen molar-refractivity contribution in [1.29, 1.82) is 0 Å². The Morgan fingerprint density at radius 3 is 2.27 bits per heavy atom. The Morgan fingerprint density at radius 1 is 1.45 bits per heavy atom. The van der Waals surface area contributed by atoms with Crippen molar-refractivity contribution < 1.29 is 4.74 Å². The van der Waals surface area contributed by atoms with Crippen LogP contribution in [0.25, 0.3) is 0 Å². The topological polar surface area (TPSA) is 35.2 Å². The van der Waals surface area contributed by atoms with Gasteiger partial charge in [0, 0.05) is 12.0 Å². The molecule has 1 aliphatic heterocycles. The smallest absolute Gasteiger partial charge is 0.0517 e. The summed E-state index contributed by atoms with van der Waals surface area (Å²) in [5.74, 6) is 0.764. The molecule has 1 aliphatic rings. The van der Waals surface area contributed by atoms with E-state index in [0.29, 0.717) is 6.04 Å². The van der Waals surface area contributed by atoms with Gasteiger partial charge >= 0.3 is 0 Å². The molecule has 0 radical (unpaired) electrons. The first kappa shape index (κ1) is 10.9. The zero-order chi connectivity index (χ0) is 8.69. The van der Waals surface area contributed by atoms with Gasteiger partial charge in [0.25, 0.3) is 0 Å². The van der Waals surface area contributed by atoms with Crippen molar-refractivity contribution in [3.63, 3.8) is 0 Å². The average molecular weight is 159 g/mol. The van der Waals surface area contributed by atoms with Crippen molar-refractivity contribution in [2.24, 2.45) is 11.7 Å². The molecule has 11 heavy (non-hydrogen) atoms. The van der Waals surface area contributed by atoms with Crippen LogP contribution in [0.3, 0.4) is 0 Å². The molecule has 0 aromatic carbocycles. The van der Waals surface area contributed by atoms with Crippen LogP contribution >= 0.6 is 0 Å². The molecule has 2 heteroatoms. The molecule has 68 valence electrons. The van der Waals surface area contributed by atoms with E-state index in [1.165, 1.54) is 0 Å². The van der Waals surface area contributed by atoms with Crippen LogP contribution in [0.4, 0.5) is 0 Å². The summed E-state index contributed by atoms with van der Waals surface area (Å²) >= 11 is 0. The molecular weight excluding hydrogens is 138 g/mol. The van der Waals surface area contributed by atoms with Gasteiger partial charge in [-0.05, 0) is 12.8 Å². The molecule has 0 spiro atoms. The Labute approximate surface area is 70.1 Å². The highest BCUT2D eigenvalue weighted by Crippen LogP contribution is 2.16. The SMILES string of the molecule is CC.CCC(N)CC1COC1. The molecule has 1 unspecified atom stereocenters. The summed E-state index contributed by atoms with van der Waals surface area (Å²) in [5, 5.41) is 0. The molecule has 2 nitrogen and oxygen atoms in total. The van der Waals surface area contributed by atoms with Gasteiger partial charge < -0.3 is 10.5 Å². The summed E-state index contributed by atoms with van der Waals surface area (Å²) in [6.07, 6.45) is 2.24. The third-order valence-electron chi connectivity index (χ3n) is 1.87. The molecule has 1 fully saturated rings. The fourth-order valence-corrected chi connectivity index (χ4v) is 1.02. The van der Waals surface area contributed by atoms with Crippen molar-refractivity contribution in [3.8, 4) is 0 Å². The van der Waals surface area contributed by atoms with E-state index in [9.17, 15) is 0 Å². The van der Waals surface area contributed by atoms with Gasteiger partial charge in [-0.3, -0.25) is 0 Å². The molecule has 1 atom stereocenters. The second-order valence-electron chi connectivity index (χ2n) is 2.81. The fraction of sp³-hybridized carbons (Fsp3) is 1.00. The minimum absolute atomic E-state index is 0.402. The van der Waals surface area contributed by atoms with Crippen LogP contribution in [0.5, 0.6) is 0 Å². The number of ether oxygens (including phenoxy) is 1. The predicted molar refractivity (Wildman–Crippen MR) is 48.5 cm³/mol. The second-order valence-corrected chi connectivity index (χ2v) is 2.81. The van der Waals surface area contributed by atoms with E-state index in [4.69, 9.17) is 10.5 Å². The monoisotopic (exact) mass is 159 g/mol. The Kier molecular flexibility index (Phi) is 6.57. The third-order valence-corrected chi connectivity index (χ3v) is 1.87. The lowest BCUT2D eigenvalue weighted by Crippen LogP contribution is -2.33. The maximum atomic E-state index is 5.73. The van der Waals surface area contributed by atoms with Gasteiger partial charge in [-0.2, -0.15) is 0 Å². The summed E-state index contributed by atoms with van der Waals surface area (Å²) in [7, 11) is 0. The minimum atomic E-state index is 0.402. The maximum Gasteiger partial charge on any atom is 0.0517 e. The maximum absolute atomic E-state index is 5.73. The first-order chi connectivity index (χ1) is 5.33. The van der Waals surface area contributed by atoms with Crippen LogP contribution in [0.2, 0.25) is 0 Å². The van der Waals surface area contributed by atoms with Crippen molar-refractivity contribution in [2.75, 3.05) is 13.2 Å². The van der Waals surface area contributed by atoms with Crippen LogP contribution < -0.4 is 5.73 Å². The number of rotatable bonds is 3. The first-order valence-electron chi connectivity index (χ1n) is 4.66. The summed E-state index contributed by atoms with van der Waals surface area (Å²) < 4.78 is 5.02. The molecular formula is C9H21NO. The fourth-order valence-electron chi connectivity index (χ4n) is 1.02. The molecule has 0 bridgehead atoms. The second kappa shape index (κ2) is 6.62. The van der Waals surface area contributed by atoms with Crippen molar-refractivity contribution in [3.05, 3.63) is 0 Å². The van der Waals surface area contributed by atoms with E-state index < -0.39 is 0 Å². The highest BCUT2D eigenvalue weighted by atomic mass is 16.5. The van der Waals surface area contributed by atoms with E-state index in [0.717, 1.165) is 32.0 Å². The molecule has 0 aromatic heterocycles. The minimum Gasteiger partial charge on any atom is -0.381 e. The molecule has 1 rings (SSSR count). The van der Waals surface area contributed by atoms with Crippen LogP contribution in [0, 0.1) is 5.92 Å². The molecule has 0 saturated carbocycles. The molecule has 0 aromatic rings. The molecule has 0 aliphatic carbocycles. The van der Waals surface area contributed by atoms with E-state index in [1.54, 1.807) is 0 Å².